The number of carbonyl (C=O) groups is 2. The molecule has 1 aliphatic rings. The quantitative estimate of drug-likeness (QED) is 0.575. The smallest absolute Gasteiger partial charge is 0.251 e. The van der Waals surface area contributed by atoms with Crippen molar-refractivity contribution in [3.05, 3.63) is 87.7 Å². The Morgan fingerprint density at radius 3 is 2.48 bits per heavy atom. The first-order valence-electron chi connectivity index (χ1n) is 9.78. The zero-order chi connectivity index (χ0) is 22.1. The van der Waals surface area contributed by atoms with Gasteiger partial charge in [-0.1, -0.05) is 42.0 Å². The minimum atomic E-state index is -0.444. The van der Waals surface area contributed by atoms with E-state index in [0.29, 0.717) is 27.3 Å². The number of halogens is 2. The van der Waals surface area contributed by atoms with Crippen molar-refractivity contribution in [3.8, 4) is 11.1 Å². The van der Waals surface area contributed by atoms with Crippen LogP contribution in [0, 0.1) is 5.82 Å². The summed E-state index contributed by atoms with van der Waals surface area (Å²) in [5.74, 6) is -0.875. The molecule has 156 valence electrons. The number of rotatable bonds is 2. The Hall–Kier alpha value is -3.44. The monoisotopic (exact) mass is 434 g/mol. The summed E-state index contributed by atoms with van der Waals surface area (Å²) >= 11 is 6.13. The Kier molecular flexibility index (Phi) is 5.61. The summed E-state index contributed by atoms with van der Waals surface area (Å²) in [4.78, 5) is 26.4. The summed E-state index contributed by atoms with van der Waals surface area (Å²) in [6.07, 6.45) is 3.65. The van der Waals surface area contributed by atoms with E-state index in [1.54, 1.807) is 53.4 Å². The molecule has 0 aliphatic carbocycles. The molecule has 0 radical (unpaired) electrons. The lowest BCUT2D eigenvalue weighted by Crippen LogP contribution is -2.29. The normalized spacial score (nSPS) is 12.5. The first-order valence-corrected chi connectivity index (χ1v) is 10.2. The number of carbonyl (C=O) groups excluding carboxylic acids is 2. The number of nitrogens with one attached hydrogen (secondary N) is 1. The van der Waals surface area contributed by atoms with Crippen molar-refractivity contribution in [2.75, 3.05) is 11.9 Å². The van der Waals surface area contributed by atoms with Gasteiger partial charge in [0.1, 0.15) is 5.82 Å². The molecule has 2 amide bonds. The zero-order valence-electron chi connectivity index (χ0n) is 17.1. The number of nitrogens with zero attached hydrogens (tertiary/aromatic N) is 1. The third-order valence-corrected chi connectivity index (χ3v) is 5.58. The molecule has 6 heteroatoms. The van der Waals surface area contributed by atoms with Crippen LogP contribution in [0.5, 0.6) is 0 Å². The van der Waals surface area contributed by atoms with Crippen LogP contribution in [0.15, 0.2) is 54.6 Å². The molecule has 1 aliphatic heterocycles. The fourth-order valence-corrected chi connectivity index (χ4v) is 3.98. The van der Waals surface area contributed by atoms with E-state index in [9.17, 15) is 9.59 Å². The van der Waals surface area contributed by atoms with Gasteiger partial charge in [-0.2, -0.15) is 0 Å². The average Bonchev–Trinajstić information content (AvgIpc) is 2.75. The van der Waals surface area contributed by atoms with Gasteiger partial charge in [0.2, 0.25) is 5.91 Å². The molecule has 4 rings (SSSR count). The third-order valence-electron chi connectivity index (χ3n) is 5.35. The second-order valence-electron chi connectivity index (χ2n) is 7.30. The lowest BCUT2D eigenvalue weighted by Gasteiger charge is -2.26. The molecule has 0 atom stereocenters. The lowest BCUT2D eigenvalue weighted by atomic mass is 9.93. The Labute approximate surface area is 185 Å². The second-order valence-corrected chi connectivity index (χ2v) is 7.73. The van der Waals surface area contributed by atoms with Crippen LogP contribution in [0.25, 0.3) is 23.3 Å². The van der Waals surface area contributed by atoms with Crippen molar-refractivity contribution >= 4 is 41.3 Å². The highest BCUT2D eigenvalue weighted by Crippen LogP contribution is 2.34. The van der Waals surface area contributed by atoms with Crippen molar-refractivity contribution in [1.82, 2.24) is 5.32 Å². The van der Waals surface area contributed by atoms with Crippen LogP contribution < -0.4 is 10.2 Å². The largest absolute Gasteiger partial charge is 0.355 e. The molecule has 3 aromatic rings. The maximum atomic E-state index is 15.2. The summed E-state index contributed by atoms with van der Waals surface area (Å²) in [5.41, 5.74) is 4.14. The number of hydrogen-bond acceptors (Lipinski definition) is 2. The summed E-state index contributed by atoms with van der Waals surface area (Å²) in [6, 6.07) is 15.4. The van der Waals surface area contributed by atoms with Gasteiger partial charge in [-0.05, 0) is 58.7 Å². The first kappa shape index (κ1) is 20.8. The Morgan fingerprint density at radius 2 is 1.74 bits per heavy atom. The van der Waals surface area contributed by atoms with Gasteiger partial charge in [0.05, 0.1) is 12.2 Å². The number of fused-ring (bicyclic) bond motifs is 2. The SMILES string of the molecule is CNC(=O)c1ccccc1-c1cc2c(cc1F)C=Cc1cc(Cl)ccc1N(C(C)=O)C2. The summed E-state index contributed by atoms with van der Waals surface area (Å²) in [5, 5.41) is 3.15. The van der Waals surface area contributed by atoms with Crippen LogP contribution in [-0.2, 0) is 11.3 Å². The minimum absolute atomic E-state index is 0.138. The number of benzene rings is 3. The van der Waals surface area contributed by atoms with E-state index < -0.39 is 5.82 Å². The predicted molar refractivity (Wildman–Crippen MR) is 122 cm³/mol. The molecular formula is C25H20ClFN2O2. The van der Waals surface area contributed by atoms with Gasteiger partial charge < -0.3 is 10.2 Å². The highest BCUT2D eigenvalue weighted by atomic mass is 35.5. The van der Waals surface area contributed by atoms with Crippen molar-refractivity contribution in [1.29, 1.82) is 0 Å². The Bertz CT molecular complexity index is 1240. The second kappa shape index (κ2) is 8.36. The molecule has 4 nitrogen and oxygen atoms in total. The lowest BCUT2D eigenvalue weighted by molar-refractivity contribution is -0.116. The van der Waals surface area contributed by atoms with E-state index in [1.165, 1.54) is 20.0 Å². The van der Waals surface area contributed by atoms with Gasteiger partial charge in [0.25, 0.3) is 5.91 Å². The summed E-state index contributed by atoms with van der Waals surface area (Å²) in [7, 11) is 1.54. The highest BCUT2D eigenvalue weighted by Gasteiger charge is 2.22. The van der Waals surface area contributed by atoms with Crippen LogP contribution in [0.1, 0.15) is 34.0 Å². The van der Waals surface area contributed by atoms with Crippen molar-refractivity contribution in [2.24, 2.45) is 0 Å². The molecule has 0 unspecified atom stereocenters. The van der Waals surface area contributed by atoms with Crippen LogP contribution in [-0.4, -0.2) is 18.9 Å². The van der Waals surface area contributed by atoms with Crippen molar-refractivity contribution in [3.63, 3.8) is 0 Å². The Morgan fingerprint density at radius 1 is 1.00 bits per heavy atom. The maximum absolute atomic E-state index is 15.2. The van der Waals surface area contributed by atoms with Gasteiger partial charge in [-0.25, -0.2) is 4.39 Å². The number of anilines is 1. The molecule has 0 saturated carbocycles. The van der Waals surface area contributed by atoms with Gasteiger partial charge in [0.15, 0.2) is 0 Å². The van der Waals surface area contributed by atoms with Gasteiger partial charge in [-0.15, -0.1) is 0 Å². The Balaban J connectivity index is 1.90. The fourth-order valence-electron chi connectivity index (χ4n) is 3.80. The standard InChI is InChI=1S/C25H20ClFN2O2/c1-15(30)29-14-18-12-22(20-5-3-4-6-21(20)25(31)28-2)23(27)13-16(18)7-8-17-11-19(26)9-10-24(17)29/h3-13H,14H2,1-2H3,(H,28,31). The molecule has 3 aromatic carbocycles. The average molecular weight is 435 g/mol. The van der Waals surface area contributed by atoms with E-state index in [2.05, 4.69) is 5.32 Å². The topological polar surface area (TPSA) is 49.4 Å². The van der Waals surface area contributed by atoms with Crippen molar-refractivity contribution < 1.29 is 14.0 Å². The molecule has 0 aromatic heterocycles. The fraction of sp³-hybridized carbons (Fsp3) is 0.120. The van der Waals surface area contributed by atoms with Crippen LogP contribution >= 0.6 is 11.6 Å². The van der Waals surface area contributed by atoms with Crippen LogP contribution in [0.3, 0.4) is 0 Å². The molecular weight excluding hydrogens is 415 g/mol. The molecule has 0 saturated heterocycles. The van der Waals surface area contributed by atoms with Gasteiger partial charge >= 0.3 is 0 Å². The zero-order valence-corrected chi connectivity index (χ0v) is 17.8. The van der Waals surface area contributed by atoms with E-state index in [-0.39, 0.29) is 18.4 Å². The van der Waals surface area contributed by atoms with E-state index in [0.717, 1.165) is 16.8 Å². The predicted octanol–water partition coefficient (Wildman–Crippen LogP) is 5.54. The van der Waals surface area contributed by atoms with Gasteiger partial charge in [0, 0.05) is 30.1 Å². The first-order chi connectivity index (χ1) is 14.9. The highest BCUT2D eigenvalue weighted by molar-refractivity contribution is 6.30. The number of hydrogen-bond donors (Lipinski definition) is 1. The van der Waals surface area contributed by atoms with Crippen LogP contribution in [0.2, 0.25) is 5.02 Å². The molecule has 31 heavy (non-hydrogen) atoms. The number of amides is 2. The van der Waals surface area contributed by atoms with Gasteiger partial charge in [-0.3, -0.25) is 9.59 Å². The molecule has 1 N–H and O–H groups in total. The van der Waals surface area contributed by atoms with Crippen LogP contribution in [0.4, 0.5) is 10.1 Å². The summed E-state index contributed by atoms with van der Waals surface area (Å²) in [6.45, 7) is 1.76. The molecule has 0 bridgehead atoms. The molecule has 1 heterocycles. The third kappa shape index (κ3) is 3.97. The molecule has 0 spiro atoms. The van der Waals surface area contributed by atoms with E-state index >= 15 is 4.39 Å². The summed E-state index contributed by atoms with van der Waals surface area (Å²) < 4.78 is 15.2. The van der Waals surface area contributed by atoms with E-state index in [4.69, 9.17) is 11.6 Å². The molecule has 0 fully saturated rings. The van der Waals surface area contributed by atoms with Crippen molar-refractivity contribution in [2.45, 2.75) is 13.5 Å². The minimum Gasteiger partial charge on any atom is -0.355 e. The van der Waals surface area contributed by atoms with E-state index in [1.807, 2.05) is 12.2 Å². The maximum Gasteiger partial charge on any atom is 0.251 e.